The highest BCUT2D eigenvalue weighted by molar-refractivity contribution is 6.51. The van der Waals surface area contributed by atoms with Gasteiger partial charge < -0.3 is 5.21 Å². The maximum atomic E-state index is 13.0. The minimum Gasteiger partial charge on any atom is -0.410 e. The summed E-state index contributed by atoms with van der Waals surface area (Å²) in [5, 5.41) is 11.9. The van der Waals surface area contributed by atoms with Crippen LogP contribution in [-0.4, -0.2) is 21.7 Å². The molecule has 0 spiro atoms. The Hall–Kier alpha value is -2.56. The summed E-state index contributed by atoms with van der Waals surface area (Å²) in [6, 6.07) is 10.8. The molecule has 1 aromatic heterocycles. The van der Waals surface area contributed by atoms with Crippen LogP contribution in [0.5, 0.6) is 0 Å². The lowest BCUT2D eigenvalue weighted by Crippen LogP contribution is -2.16. The number of benzene rings is 1. The number of Topliss-reactive ketones (excluding diaryl/α,β-unsaturated/α-hetero) is 1. The predicted octanol–water partition coefficient (Wildman–Crippen LogP) is 2.28. The quantitative estimate of drug-likeness (QED) is 0.296. The first-order valence-corrected chi connectivity index (χ1v) is 5.16. The minimum absolute atomic E-state index is 0.179. The van der Waals surface area contributed by atoms with Crippen LogP contribution in [0.3, 0.4) is 0 Å². The van der Waals surface area contributed by atoms with Crippen LogP contribution in [-0.2, 0) is 0 Å². The summed E-state index contributed by atoms with van der Waals surface area (Å²) in [6.07, 6.45) is 1.20. The number of ketones is 1. The molecule has 0 aliphatic rings. The van der Waals surface area contributed by atoms with E-state index in [9.17, 15) is 9.18 Å². The summed E-state index contributed by atoms with van der Waals surface area (Å²) < 4.78 is 13.0. The highest BCUT2D eigenvalue weighted by Gasteiger charge is 2.17. The Balaban J connectivity index is 2.39. The molecular weight excluding hydrogens is 235 g/mol. The van der Waals surface area contributed by atoms with Crippen molar-refractivity contribution in [2.45, 2.75) is 0 Å². The van der Waals surface area contributed by atoms with Gasteiger partial charge in [-0.25, -0.2) is 4.98 Å². The van der Waals surface area contributed by atoms with E-state index in [4.69, 9.17) is 5.21 Å². The molecule has 0 radical (unpaired) electrons. The van der Waals surface area contributed by atoms with Gasteiger partial charge in [-0.05, 0) is 6.07 Å². The summed E-state index contributed by atoms with van der Waals surface area (Å²) >= 11 is 0. The smallest absolute Gasteiger partial charge is 0.215 e. The fourth-order valence-electron chi connectivity index (χ4n) is 1.51. The Labute approximate surface area is 102 Å². The van der Waals surface area contributed by atoms with Crippen molar-refractivity contribution in [1.82, 2.24) is 4.98 Å². The molecule has 5 heteroatoms. The highest BCUT2D eigenvalue weighted by atomic mass is 19.1. The minimum atomic E-state index is -0.741. The average molecular weight is 244 g/mol. The molecule has 1 heterocycles. The third-order valence-electron chi connectivity index (χ3n) is 2.35. The lowest BCUT2D eigenvalue weighted by Gasteiger charge is -2.03. The van der Waals surface area contributed by atoms with E-state index >= 15 is 0 Å². The molecular formula is C13H9FN2O2. The standard InChI is InChI=1S/C13H9FN2O2/c14-11-8-10(6-7-15-11)12(16-18)13(17)9-4-2-1-3-5-9/h1-8,18H/b16-12-. The molecule has 2 rings (SSSR count). The van der Waals surface area contributed by atoms with E-state index in [2.05, 4.69) is 10.1 Å². The van der Waals surface area contributed by atoms with Gasteiger partial charge in [0.25, 0.3) is 0 Å². The van der Waals surface area contributed by atoms with Crippen molar-refractivity contribution in [3.63, 3.8) is 0 Å². The van der Waals surface area contributed by atoms with Crippen LogP contribution in [0.4, 0.5) is 4.39 Å². The Bertz CT molecular complexity index is 597. The van der Waals surface area contributed by atoms with Crippen molar-refractivity contribution in [2.75, 3.05) is 0 Å². The number of pyridine rings is 1. The second-order valence-electron chi connectivity index (χ2n) is 3.51. The van der Waals surface area contributed by atoms with Gasteiger partial charge >= 0.3 is 0 Å². The van der Waals surface area contributed by atoms with Crippen molar-refractivity contribution >= 4 is 11.5 Å². The zero-order valence-corrected chi connectivity index (χ0v) is 9.25. The third kappa shape index (κ3) is 2.40. The van der Waals surface area contributed by atoms with Gasteiger partial charge in [-0.1, -0.05) is 35.5 Å². The molecule has 4 nitrogen and oxygen atoms in total. The number of nitrogens with zero attached hydrogens (tertiary/aromatic N) is 2. The Morgan fingerprint density at radius 2 is 1.89 bits per heavy atom. The molecule has 0 saturated carbocycles. The molecule has 18 heavy (non-hydrogen) atoms. The van der Waals surface area contributed by atoms with Crippen molar-refractivity contribution in [1.29, 1.82) is 0 Å². The first-order chi connectivity index (χ1) is 8.72. The molecule has 0 aliphatic heterocycles. The molecule has 0 fully saturated rings. The topological polar surface area (TPSA) is 62.5 Å². The number of carbonyl (C=O) groups excluding carboxylic acids is 1. The average Bonchev–Trinajstić information content (AvgIpc) is 2.40. The predicted molar refractivity (Wildman–Crippen MR) is 63.3 cm³/mol. The van der Waals surface area contributed by atoms with Crippen molar-refractivity contribution in [3.8, 4) is 0 Å². The van der Waals surface area contributed by atoms with E-state index < -0.39 is 11.7 Å². The molecule has 0 amide bonds. The number of oxime groups is 1. The number of halogens is 1. The molecule has 1 aromatic carbocycles. The van der Waals surface area contributed by atoms with Gasteiger partial charge in [0.2, 0.25) is 11.7 Å². The second-order valence-corrected chi connectivity index (χ2v) is 3.51. The Morgan fingerprint density at radius 1 is 1.17 bits per heavy atom. The maximum Gasteiger partial charge on any atom is 0.215 e. The van der Waals surface area contributed by atoms with Crippen LogP contribution >= 0.6 is 0 Å². The van der Waals surface area contributed by atoms with E-state index in [-0.39, 0.29) is 11.3 Å². The zero-order valence-electron chi connectivity index (χ0n) is 9.25. The van der Waals surface area contributed by atoms with E-state index in [1.165, 1.54) is 12.3 Å². The summed E-state index contributed by atoms with van der Waals surface area (Å²) in [7, 11) is 0. The van der Waals surface area contributed by atoms with Gasteiger partial charge in [-0.3, -0.25) is 4.79 Å². The second kappa shape index (κ2) is 5.18. The fourth-order valence-corrected chi connectivity index (χ4v) is 1.51. The van der Waals surface area contributed by atoms with E-state index in [1.54, 1.807) is 30.3 Å². The highest BCUT2D eigenvalue weighted by Crippen LogP contribution is 2.09. The molecule has 1 N–H and O–H groups in total. The van der Waals surface area contributed by atoms with Gasteiger partial charge in [-0.2, -0.15) is 4.39 Å². The van der Waals surface area contributed by atoms with Crippen LogP contribution in [0.2, 0.25) is 0 Å². The van der Waals surface area contributed by atoms with E-state index in [0.29, 0.717) is 5.56 Å². The number of hydrogen-bond acceptors (Lipinski definition) is 4. The van der Waals surface area contributed by atoms with Gasteiger partial charge in [0.05, 0.1) is 0 Å². The first kappa shape index (κ1) is 11.9. The summed E-state index contributed by atoms with van der Waals surface area (Å²) in [5.74, 6) is -1.22. The molecule has 0 atom stereocenters. The molecule has 90 valence electrons. The Kier molecular flexibility index (Phi) is 3.43. The lowest BCUT2D eigenvalue weighted by atomic mass is 10.0. The number of aromatic nitrogens is 1. The summed E-state index contributed by atoms with van der Waals surface area (Å²) in [4.78, 5) is 15.4. The monoisotopic (exact) mass is 244 g/mol. The van der Waals surface area contributed by atoms with Gasteiger partial charge in [0, 0.05) is 23.4 Å². The van der Waals surface area contributed by atoms with Crippen LogP contribution in [0.15, 0.2) is 53.8 Å². The molecule has 2 aromatic rings. The van der Waals surface area contributed by atoms with Crippen LogP contribution < -0.4 is 0 Å². The van der Waals surface area contributed by atoms with Crippen LogP contribution in [0.1, 0.15) is 15.9 Å². The Morgan fingerprint density at radius 3 is 2.50 bits per heavy atom. The first-order valence-electron chi connectivity index (χ1n) is 5.16. The molecule has 0 aliphatic carbocycles. The number of hydrogen-bond donors (Lipinski definition) is 1. The SMILES string of the molecule is O=C(/C(=N\O)c1ccnc(F)c1)c1ccccc1. The van der Waals surface area contributed by atoms with Crippen LogP contribution in [0.25, 0.3) is 0 Å². The normalized spacial score (nSPS) is 11.3. The number of rotatable bonds is 3. The van der Waals surface area contributed by atoms with Gasteiger partial charge in [-0.15, -0.1) is 0 Å². The van der Waals surface area contributed by atoms with Crippen molar-refractivity contribution in [3.05, 3.63) is 65.7 Å². The fraction of sp³-hybridized carbons (Fsp3) is 0. The van der Waals surface area contributed by atoms with Gasteiger partial charge in [0.15, 0.2) is 5.71 Å². The van der Waals surface area contributed by atoms with E-state index in [0.717, 1.165) is 6.07 Å². The van der Waals surface area contributed by atoms with Crippen molar-refractivity contribution < 1.29 is 14.4 Å². The van der Waals surface area contributed by atoms with E-state index in [1.807, 2.05) is 0 Å². The van der Waals surface area contributed by atoms with Crippen molar-refractivity contribution in [2.24, 2.45) is 5.16 Å². The van der Waals surface area contributed by atoms with Crippen LogP contribution in [0, 0.1) is 5.95 Å². The third-order valence-corrected chi connectivity index (χ3v) is 2.35. The van der Waals surface area contributed by atoms with Gasteiger partial charge in [0.1, 0.15) is 0 Å². The summed E-state index contributed by atoms with van der Waals surface area (Å²) in [5.41, 5.74) is 0.323. The zero-order chi connectivity index (χ0) is 13.0. The molecule has 0 unspecified atom stereocenters. The molecule has 0 saturated heterocycles. The lowest BCUT2D eigenvalue weighted by molar-refractivity contribution is 0.106. The number of carbonyl (C=O) groups is 1. The summed E-state index contributed by atoms with van der Waals surface area (Å²) in [6.45, 7) is 0. The largest absolute Gasteiger partial charge is 0.410 e. The molecule has 0 bridgehead atoms. The maximum absolute atomic E-state index is 13.0.